The molecule has 14 heavy (non-hydrogen) atoms. The van der Waals surface area contributed by atoms with Crippen LogP contribution in [-0.4, -0.2) is 17.9 Å². The van der Waals surface area contributed by atoms with E-state index in [0.717, 1.165) is 12.8 Å². The molecule has 1 rings (SSSR count). The third kappa shape index (κ3) is 3.29. The largest absolute Gasteiger partial charge is 0.432 e. The van der Waals surface area contributed by atoms with Crippen molar-refractivity contribution in [1.29, 1.82) is 0 Å². The molecule has 3 heteroatoms. The SMILES string of the molecule is CCCCCCC1OC(C)(C)OC1=O. The highest BCUT2D eigenvalue weighted by molar-refractivity contribution is 5.76. The molecule has 0 aromatic rings. The molecule has 0 N–H and O–H groups in total. The summed E-state index contributed by atoms with van der Waals surface area (Å²) in [5, 5.41) is 0. The normalized spacial score (nSPS) is 25.1. The minimum absolute atomic E-state index is 0.202. The second-order valence-electron chi connectivity index (χ2n) is 4.28. The van der Waals surface area contributed by atoms with E-state index in [4.69, 9.17) is 9.47 Å². The van der Waals surface area contributed by atoms with E-state index in [9.17, 15) is 4.79 Å². The molecule has 1 aliphatic heterocycles. The van der Waals surface area contributed by atoms with Crippen LogP contribution >= 0.6 is 0 Å². The number of rotatable bonds is 5. The first-order chi connectivity index (χ1) is 6.55. The van der Waals surface area contributed by atoms with Gasteiger partial charge in [0.1, 0.15) is 0 Å². The van der Waals surface area contributed by atoms with Crippen LogP contribution in [0.1, 0.15) is 52.9 Å². The van der Waals surface area contributed by atoms with Crippen LogP contribution in [0.15, 0.2) is 0 Å². The van der Waals surface area contributed by atoms with Gasteiger partial charge in [0, 0.05) is 13.8 Å². The first kappa shape index (κ1) is 11.5. The standard InChI is InChI=1S/C11H20O3/c1-4-5-6-7-8-9-10(12)14-11(2,3)13-9/h9H,4-8H2,1-3H3. The van der Waals surface area contributed by atoms with Crippen LogP contribution in [0.3, 0.4) is 0 Å². The highest BCUT2D eigenvalue weighted by Crippen LogP contribution is 2.26. The quantitative estimate of drug-likeness (QED) is 0.505. The molecular formula is C11H20O3. The van der Waals surface area contributed by atoms with E-state index < -0.39 is 5.79 Å². The molecule has 0 aliphatic carbocycles. The maximum atomic E-state index is 11.3. The third-order valence-corrected chi connectivity index (χ3v) is 2.36. The van der Waals surface area contributed by atoms with Gasteiger partial charge >= 0.3 is 5.97 Å². The van der Waals surface area contributed by atoms with Crippen molar-refractivity contribution in [3.05, 3.63) is 0 Å². The van der Waals surface area contributed by atoms with Gasteiger partial charge in [-0.1, -0.05) is 32.6 Å². The Morgan fingerprint density at radius 1 is 1.29 bits per heavy atom. The number of hydrogen-bond donors (Lipinski definition) is 0. The third-order valence-electron chi connectivity index (χ3n) is 2.36. The zero-order valence-electron chi connectivity index (χ0n) is 9.34. The number of carbonyl (C=O) groups excluding carboxylic acids is 1. The zero-order valence-corrected chi connectivity index (χ0v) is 9.34. The number of ether oxygens (including phenoxy) is 2. The molecule has 0 spiro atoms. The van der Waals surface area contributed by atoms with E-state index in [1.165, 1.54) is 19.3 Å². The van der Waals surface area contributed by atoms with Crippen LogP contribution in [0.4, 0.5) is 0 Å². The van der Waals surface area contributed by atoms with Crippen molar-refractivity contribution in [1.82, 2.24) is 0 Å². The van der Waals surface area contributed by atoms with Crippen molar-refractivity contribution < 1.29 is 14.3 Å². The van der Waals surface area contributed by atoms with Crippen LogP contribution in [-0.2, 0) is 14.3 Å². The Morgan fingerprint density at radius 3 is 2.50 bits per heavy atom. The summed E-state index contributed by atoms with van der Waals surface area (Å²) in [6.07, 6.45) is 5.12. The second kappa shape index (κ2) is 4.78. The van der Waals surface area contributed by atoms with Crippen molar-refractivity contribution in [2.24, 2.45) is 0 Å². The molecule has 0 bridgehead atoms. The van der Waals surface area contributed by atoms with E-state index in [0.29, 0.717) is 0 Å². The molecule has 1 saturated heterocycles. The molecule has 1 fully saturated rings. The van der Waals surface area contributed by atoms with E-state index in [1.807, 2.05) is 0 Å². The van der Waals surface area contributed by atoms with Gasteiger partial charge in [-0.05, 0) is 6.42 Å². The number of hydrogen-bond acceptors (Lipinski definition) is 3. The summed E-state index contributed by atoms with van der Waals surface area (Å²) in [4.78, 5) is 11.3. The van der Waals surface area contributed by atoms with Crippen LogP contribution in [0.2, 0.25) is 0 Å². The highest BCUT2D eigenvalue weighted by atomic mass is 16.8. The fraction of sp³-hybridized carbons (Fsp3) is 0.909. The minimum Gasteiger partial charge on any atom is -0.432 e. The van der Waals surface area contributed by atoms with Crippen LogP contribution in [0.25, 0.3) is 0 Å². The van der Waals surface area contributed by atoms with E-state index in [2.05, 4.69) is 6.92 Å². The van der Waals surface area contributed by atoms with Gasteiger partial charge in [0.2, 0.25) is 5.79 Å². The van der Waals surface area contributed by atoms with Crippen LogP contribution in [0, 0.1) is 0 Å². The monoisotopic (exact) mass is 200 g/mol. The fourth-order valence-electron chi connectivity index (χ4n) is 1.66. The Balaban J connectivity index is 2.22. The van der Waals surface area contributed by atoms with Gasteiger partial charge in [-0.25, -0.2) is 4.79 Å². The van der Waals surface area contributed by atoms with E-state index in [1.54, 1.807) is 13.8 Å². The van der Waals surface area contributed by atoms with E-state index >= 15 is 0 Å². The van der Waals surface area contributed by atoms with E-state index in [-0.39, 0.29) is 12.1 Å². The van der Waals surface area contributed by atoms with Crippen LogP contribution in [0.5, 0.6) is 0 Å². The van der Waals surface area contributed by atoms with Crippen molar-refractivity contribution in [3.63, 3.8) is 0 Å². The number of unbranched alkanes of at least 4 members (excludes halogenated alkanes) is 3. The number of carbonyl (C=O) groups is 1. The molecular weight excluding hydrogens is 180 g/mol. The van der Waals surface area contributed by atoms with Gasteiger partial charge in [-0.2, -0.15) is 0 Å². The first-order valence-electron chi connectivity index (χ1n) is 5.46. The van der Waals surface area contributed by atoms with Crippen molar-refractivity contribution >= 4 is 5.97 Å². The van der Waals surface area contributed by atoms with Gasteiger partial charge in [0.05, 0.1) is 0 Å². The highest BCUT2D eigenvalue weighted by Gasteiger charge is 2.40. The predicted molar refractivity (Wildman–Crippen MR) is 53.8 cm³/mol. The lowest BCUT2D eigenvalue weighted by molar-refractivity contribution is -0.160. The molecule has 0 radical (unpaired) electrons. The summed E-state index contributed by atoms with van der Waals surface area (Å²) < 4.78 is 10.5. The summed E-state index contributed by atoms with van der Waals surface area (Å²) in [7, 11) is 0. The maximum Gasteiger partial charge on any atom is 0.337 e. The molecule has 1 aliphatic rings. The Kier molecular flexibility index (Phi) is 3.93. The molecule has 1 heterocycles. The smallest absolute Gasteiger partial charge is 0.337 e. The summed E-state index contributed by atoms with van der Waals surface area (Å²) in [6, 6.07) is 0. The second-order valence-corrected chi connectivity index (χ2v) is 4.28. The summed E-state index contributed by atoms with van der Waals surface area (Å²) >= 11 is 0. The van der Waals surface area contributed by atoms with Gasteiger partial charge in [0.15, 0.2) is 6.10 Å². The Bertz CT molecular complexity index is 199. The molecule has 0 saturated carbocycles. The summed E-state index contributed by atoms with van der Waals surface area (Å²) in [5.74, 6) is -0.918. The average Bonchev–Trinajstić information content (AvgIpc) is 2.34. The molecule has 0 aromatic heterocycles. The zero-order chi connectivity index (χ0) is 10.6. The summed E-state index contributed by atoms with van der Waals surface area (Å²) in [5.41, 5.74) is 0. The molecule has 1 unspecified atom stereocenters. The van der Waals surface area contributed by atoms with Gasteiger partial charge in [-0.3, -0.25) is 0 Å². The first-order valence-corrected chi connectivity index (χ1v) is 5.46. The molecule has 0 amide bonds. The van der Waals surface area contributed by atoms with Gasteiger partial charge in [0.25, 0.3) is 0 Å². The van der Waals surface area contributed by atoms with Crippen molar-refractivity contribution in [2.75, 3.05) is 0 Å². The van der Waals surface area contributed by atoms with Crippen LogP contribution < -0.4 is 0 Å². The lowest BCUT2D eigenvalue weighted by Gasteiger charge is -2.15. The lowest BCUT2D eigenvalue weighted by Crippen LogP contribution is -2.21. The maximum absolute atomic E-state index is 11.3. The number of esters is 1. The Morgan fingerprint density at radius 2 is 2.00 bits per heavy atom. The number of cyclic esters (lactones) is 1. The topological polar surface area (TPSA) is 35.5 Å². The summed E-state index contributed by atoms with van der Waals surface area (Å²) in [6.45, 7) is 5.72. The molecule has 1 atom stereocenters. The Labute approximate surface area is 85.8 Å². The molecule has 82 valence electrons. The Hall–Kier alpha value is -0.570. The minimum atomic E-state index is -0.716. The lowest BCUT2D eigenvalue weighted by atomic mass is 10.1. The van der Waals surface area contributed by atoms with Gasteiger partial charge in [-0.15, -0.1) is 0 Å². The van der Waals surface area contributed by atoms with Crippen molar-refractivity contribution in [2.45, 2.75) is 64.8 Å². The predicted octanol–water partition coefficient (Wildman–Crippen LogP) is 2.63. The molecule has 0 aromatic carbocycles. The average molecular weight is 200 g/mol. The molecule has 3 nitrogen and oxygen atoms in total. The van der Waals surface area contributed by atoms with Crippen molar-refractivity contribution in [3.8, 4) is 0 Å². The van der Waals surface area contributed by atoms with Gasteiger partial charge < -0.3 is 9.47 Å². The fourth-order valence-corrected chi connectivity index (χ4v) is 1.66.